The number of hydrogen-bond acceptors (Lipinski definition) is 5. The van der Waals surface area contributed by atoms with Crippen molar-refractivity contribution in [3.8, 4) is 0 Å². The molecule has 3 rings (SSSR count). The van der Waals surface area contributed by atoms with Crippen LogP contribution in [0, 0.1) is 0 Å². The van der Waals surface area contributed by atoms with E-state index in [1.165, 1.54) is 0 Å². The van der Waals surface area contributed by atoms with Crippen LogP contribution >= 0.6 is 11.6 Å². The molecule has 1 aromatic carbocycles. The number of carbonyl (C=O) groups is 2. The minimum Gasteiger partial charge on any atom is -0.407 e. The summed E-state index contributed by atoms with van der Waals surface area (Å²) in [5.74, 6) is -0.00558. The number of carbonyl (C=O) groups excluding carboxylic acids is 2. The Hall–Kier alpha value is -2.41. The molecule has 1 N–H and O–H groups in total. The molecule has 7 nitrogen and oxygen atoms in total. The normalized spacial score (nSPS) is 17.1. The number of hydrogen-bond donors (Lipinski definition) is 1. The van der Waals surface area contributed by atoms with E-state index in [4.69, 9.17) is 16.0 Å². The van der Waals surface area contributed by atoms with Gasteiger partial charge in [-0.2, -0.15) is 0 Å². The molecule has 0 bridgehead atoms. The van der Waals surface area contributed by atoms with Crippen LogP contribution in [0.25, 0.3) is 0 Å². The standard InChI is InChI=1S/C17H19ClN4O3/c1-2-3-4-14(23)19-17-21-20-16(25-17)11-9-15(24)22(10-11)13-7-5-12(18)6-8-13/h5-8,11H,2-4,9-10H2,1H3,(H,19,21,23)/t11-/m1/s1. The smallest absolute Gasteiger partial charge is 0.322 e. The molecule has 8 heteroatoms. The summed E-state index contributed by atoms with van der Waals surface area (Å²) in [6, 6.07) is 7.17. The lowest BCUT2D eigenvalue weighted by Gasteiger charge is -2.15. The highest BCUT2D eigenvalue weighted by molar-refractivity contribution is 6.30. The fourth-order valence-corrected chi connectivity index (χ4v) is 2.84. The Bertz CT molecular complexity index is 760. The van der Waals surface area contributed by atoms with Crippen LogP contribution in [-0.2, 0) is 9.59 Å². The number of nitrogens with zero attached hydrogens (tertiary/aromatic N) is 3. The molecule has 1 fully saturated rings. The van der Waals surface area contributed by atoms with Crippen molar-refractivity contribution in [2.75, 3.05) is 16.8 Å². The van der Waals surface area contributed by atoms with Crippen LogP contribution in [0.15, 0.2) is 28.7 Å². The molecular formula is C17H19ClN4O3. The van der Waals surface area contributed by atoms with Gasteiger partial charge in [0.2, 0.25) is 17.7 Å². The first-order valence-electron chi connectivity index (χ1n) is 8.26. The summed E-state index contributed by atoms with van der Waals surface area (Å²) in [6.45, 7) is 2.47. The Morgan fingerprint density at radius 2 is 2.12 bits per heavy atom. The maximum atomic E-state index is 12.3. The number of halogens is 1. The zero-order valence-corrected chi connectivity index (χ0v) is 14.6. The monoisotopic (exact) mass is 362 g/mol. The van der Waals surface area contributed by atoms with Gasteiger partial charge in [0.1, 0.15) is 0 Å². The lowest BCUT2D eigenvalue weighted by atomic mass is 10.1. The first-order chi connectivity index (χ1) is 12.1. The molecule has 0 aliphatic carbocycles. The Labute approximate surface area is 150 Å². The number of benzene rings is 1. The van der Waals surface area contributed by atoms with Gasteiger partial charge < -0.3 is 9.32 Å². The van der Waals surface area contributed by atoms with Gasteiger partial charge in [0.15, 0.2) is 0 Å². The molecule has 25 heavy (non-hydrogen) atoms. The van der Waals surface area contributed by atoms with Crippen molar-refractivity contribution in [1.82, 2.24) is 10.2 Å². The Kier molecular flexibility index (Phi) is 5.33. The van der Waals surface area contributed by atoms with Gasteiger partial charge in [0.25, 0.3) is 0 Å². The van der Waals surface area contributed by atoms with Gasteiger partial charge in [0, 0.05) is 30.1 Å². The van der Waals surface area contributed by atoms with Crippen molar-refractivity contribution in [3.63, 3.8) is 0 Å². The number of amides is 2. The van der Waals surface area contributed by atoms with Gasteiger partial charge in [-0.3, -0.25) is 14.9 Å². The highest BCUT2D eigenvalue weighted by atomic mass is 35.5. The van der Waals surface area contributed by atoms with Crippen molar-refractivity contribution >= 4 is 35.1 Å². The van der Waals surface area contributed by atoms with Crippen LogP contribution < -0.4 is 10.2 Å². The second-order valence-corrected chi connectivity index (χ2v) is 6.42. The SMILES string of the molecule is CCCCC(=O)Nc1nnc([C@@H]2CC(=O)N(c3ccc(Cl)cc3)C2)o1. The van der Waals surface area contributed by atoms with Crippen molar-refractivity contribution in [1.29, 1.82) is 0 Å². The quantitative estimate of drug-likeness (QED) is 0.851. The summed E-state index contributed by atoms with van der Waals surface area (Å²) in [5.41, 5.74) is 0.782. The average Bonchev–Trinajstić information content (AvgIpc) is 3.20. The number of aromatic nitrogens is 2. The van der Waals surface area contributed by atoms with Crippen LogP contribution in [0.2, 0.25) is 5.02 Å². The van der Waals surface area contributed by atoms with Gasteiger partial charge in [-0.25, -0.2) is 0 Å². The van der Waals surface area contributed by atoms with Gasteiger partial charge in [-0.15, -0.1) is 5.10 Å². The summed E-state index contributed by atoms with van der Waals surface area (Å²) < 4.78 is 5.52. The maximum absolute atomic E-state index is 12.3. The Morgan fingerprint density at radius 1 is 1.36 bits per heavy atom. The topological polar surface area (TPSA) is 88.3 Å². The zero-order valence-electron chi connectivity index (χ0n) is 13.9. The van der Waals surface area contributed by atoms with E-state index in [2.05, 4.69) is 15.5 Å². The Balaban J connectivity index is 1.64. The van der Waals surface area contributed by atoms with E-state index in [1.54, 1.807) is 29.2 Å². The molecule has 0 radical (unpaired) electrons. The summed E-state index contributed by atoms with van der Waals surface area (Å²) in [7, 11) is 0. The van der Waals surface area contributed by atoms with E-state index in [9.17, 15) is 9.59 Å². The Morgan fingerprint density at radius 3 is 2.84 bits per heavy atom. The zero-order chi connectivity index (χ0) is 17.8. The number of nitrogens with one attached hydrogen (secondary N) is 1. The van der Waals surface area contributed by atoms with E-state index < -0.39 is 0 Å². The van der Waals surface area contributed by atoms with Crippen LogP contribution in [0.5, 0.6) is 0 Å². The fraction of sp³-hybridized carbons (Fsp3) is 0.412. The average molecular weight is 363 g/mol. The lowest BCUT2D eigenvalue weighted by Crippen LogP contribution is -2.24. The van der Waals surface area contributed by atoms with Crippen LogP contribution in [0.1, 0.15) is 44.4 Å². The van der Waals surface area contributed by atoms with Gasteiger partial charge >= 0.3 is 6.01 Å². The molecule has 1 aromatic heterocycles. The summed E-state index contributed by atoms with van der Waals surface area (Å²) in [5, 5.41) is 11.0. The number of unbranched alkanes of at least 4 members (excludes halogenated alkanes) is 1. The third kappa shape index (κ3) is 4.17. The number of rotatable bonds is 6. The molecule has 0 unspecified atom stereocenters. The van der Waals surface area contributed by atoms with Crippen LogP contribution in [0.3, 0.4) is 0 Å². The molecule has 1 aliphatic heterocycles. The minimum atomic E-state index is -0.197. The van der Waals surface area contributed by atoms with Crippen LogP contribution in [0.4, 0.5) is 11.7 Å². The van der Waals surface area contributed by atoms with Crippen molar-refractivity contribution in [3.05, 3.63) is 35.2 Å². The van der Waals surface area contributed by atoms with Crippen molar-refractivity contribution < 1.29 is 14.0 Å². The van der Waals surface area contributed by atoms with E-state index in [0.29, 0.717) is 23.9 Å². The molecule has 2 aromatic rings. The summed E-state index contributed by atoms with van der Waals surface area (Å²) in [6.07, 6.45) is 2.45. The van der Waals surface area contributed by atoms with Gasteiger partial charge in [-0.1, -0.05) is 30.0 Å². The predicted octanol–water partition coefficient (Wildman–Crippen LogP) is 3.37. The molecule has 1 aliphatic rings. The third-order valence-electron chi connectivity index (χ3n) is 4.06. The van der Waals surface area contributed by atoms with Crippen molar-refractivity contribution in [2.45, 2.75) is 38.5 Å². The molecule has 132 valence electrons. The van der Waals surface area contributed by atoms with E-state index in [-0.39, 0.29) is 30.2 Å². The molecule has 0 spiro atoms. The first-order valence-corrected chi connectivity index (χ1v) is 8.63. The van der Waals surface area contributed by atoms with Gasteiger partial charge in [0.05, 0.1) is 5.92 Å². The summed E-state index contributed by atoms with van der Waals surface area (Å²) in [4.78, 5) is 25.7. The largest absolute Gasteiger partial charge is 0.407 e. The molecule has 1 saturated heterocycles. The third-order valence-corrected chi connectivity index (χ3v) is 4.31. The minimum absolute atomic E-state index is 0.0148. The van der Waals surface area contributed by atoms with E-state index in [0.717, 1.165) is 18.5 Å². The fourth-order valence-electron chi connectivity index (χ4n) is 2.71. The molecule has 2 heterocycles. The number of anilines is 2. The van der Waals surface area contributed by atoms with Gasteiger partial charge in [-0.05, 0) is 30.7 Å². The summed E-state index contributed by atoms with van der Waals surface area (Å²) >= 11 is 5.88. The highest BCUT2D eigenvalue weighted by Crippen LogP contribution is 2.32. The van der Waals surface area contributed by atoms with Crippen LogP contribution in [-0.4, -0.2) is 28.6 Å². The molecule has 0 saturated carbocycles. The first kappa shape index (κ1) is 17.4. The lowest BCUT2D eigenvalue weighted by molar-refractivity contribution is -0.117. The molecular weight excluding hydrogens is 344 g/mol. The predicted molar refractivity (Wildman–Crippen MR) is 93.6 cm³/mol. The second kappa shape index (κ2) is 7.65. The highest BCUT2D eigenvalue weighted by Gasteiger charge is 2.35. The molecule has 1 atom stereocenters. The second-order valence-electron chi connectivity index (χ2n) is 5.98. The maximum Gasteiger partial charge on any atom is 0.322 e. The van der Waals surface area contributed by atoms with E-state index in [1.807, 2.05) is 6.92 Å². The van der Waals surface area contributed by atoms with E-state index >= 15 is 0 Å². The van der Waals surface area contributed by atoms with Crippen molar-refractivity contribution in [2.24, 2.45) is 0 Å². The molecule has 2 amide bonds.